The molecule has 2 heteroatoms. The molecule has 0 bridgehead atoms. The Labute approximate surface area is 55.7 Å². The van der Waals surface area contributed by atoms with Crippen LogP contribution in [0.25, 0.3) is 0 Å². The average molecular weight is 127 g/mol. The van der Waals surface area contributed by atoms with Crippen molar-refractivity contribution in [2.24, 2.45) is 11.7 Å². The Morgan fingerprint density at radius 3 is 2.22 bits per heavy atom. The van der Waals surface area contributed by atoms with E-state index >= 15 is 0 Å². The molecule has 9 heavy (non-hydrogen) atoms. The molecule has 0 spiro atoms. The smallest absolute Gasteiger partial charge is 0.151 e. The van der Waals surface area contributed by atoms with E-state index in [1.165, 1.54) is 0 Å². The predicted molar refractivity (Wildman–Crippen MR) is 38.1 cm³/mol. The van der Waals surface area contributed by atoms with Crippen LogP contribution in [0.15, 0.2) is 18.1 Å². The maximum Gasteiger partial charge on any atom is 0.151 e. The molecule has 3 N–H and O–H groups in total. The SMILES string of the molecule is C=C=C(O)C(N)C(C)C. The highest BCUT2D eigenvalue weighted by Crippen LogP contribution is 2.04. The lowest BCUT2D eigenvalue weighted by atomic mass is 10.0. The van der Waals surface area contributed by atoms with Crippen LogP contribution in [0.1, 0.15) is 13.8 Å². The van der Waals surface area contributed by atoms with Crippen LogP contribution in [0, 0.1) is 5.92 Å². The number of aliphatic hydroxyl groups is 1. The van der Waals surface area contributed by atoms with Crippen molar-refractivity contribution in [3.8, 4) is 0 Å². The molecule has 1 unspecified atom stereocenters. The molecule has 1 atom stereocenters. The fraction of sp³-hybridized carbons (Fsp3) is 0.571. The third-order valence-electron chi connectivity index (χ3n) is 1.22. The van der Waals surface area contributed by atoms with Crippen LogP contribution in [0.4, 0.5) is 0 Å². The van der Waals surface area contributed by atoms with Crippen LogP contribution in [-0.2, 0) is 0 Å². The summed E-state index contributed by atoms with van der Waals surface area (Å²) in [5.41, 5.74) is 7.82. The Hall–Kier alpha value is -0.720. The molecule has 0 aromatic heterocycles. The molecule has 0 heterocycles. The van der Waals surface area contributed by atoms with Gasteiger partial charge >= 0.3 is 0 Å². The number of nitrogens with two attached hydrogens (primary N) is 1. The summed E-state index contributed by atoms with van der Waals surface area (Å²) in [5.74, 6) is 0.282. The van der Waals surface area contributed by atoms with E-state index in [-0.39, 0.29) is 17.7 Å². The van der Waals surface area contributed by atoms with Crippen LogP contribution in [0.3, 0.4) is 0 Å². The normalized spacial score (nSPS) is 12.9. The minimum absolute atomic E-state index is 0.0463. The van der Waals surface area contributed by atoms with Gasteiger partial charge in [-0.2, -0.15) is 0 Å². The van der Waals surface area contributed by atoms with Crippen molar-refractivity contribution >= 4 is 0 Å². The van der Waals surface area contributed by atoms with Crippen molar-refractivity contribution in [1.29, 1.82) is 0 Å². The molecule has 0 aromatic rings. The van der Waals surface area contributed by atoms with E-state index < -0.39 is 0 Å². The zero-order valence-corrected chi connectivity index (χ0v) is 5.89. The second kappa shape index (κ2) is 3.33. The maximum absolute atomic E-state index is 8.91. The molecular weight excluding hydrogens is 114 g/mol. The van der Waals surface area contributed by atoms with Gasteiger partial charge in [-0.15, -0.1) is 0 Å². The highest BCUT2D eigenvalue weighted by Gasteiger charge is 2.10. The van der Waals surface area contributed by atoms with Crippen LogP contribution >= 0.6 is 0 Å². The Kier molecular flexibility index (Phi) is 3.07. The van der Waals surface area contributed by atoms with Gasteiger partial charge < -0.3 is 10.8 Å². The third kappa shape index (κ3) is 2.36. The number of rotatable bonds is 2. The van der Waals surface area contributed by atoms with Gasteiger partial charge in [-0.3, -0.25) is 0 Å². The zero-order chi connectivity index (χ0) is 7.44. The molecule has 0 aliphatic heterocycles. The lowest BCUT2D eigenvalue weighted by Crippen LogP contribution is -2.28. The summed E-state index contributed by atoms with van der Waals surface area (Å²) in [6.07, 6.45) is 0. The monoisotopic (exact) mass is 127 g/mol. The van der Waals surface area contributed by atoms with Crippen LogP contribution in [0.2, 0.25) is 0 Å². The standard InChI is InChI=1S/C7H13NO/c1-4-6(9)7(8)5(2)3/h5,7,9H,1,8H2,2-3H3. The van der Waals surface area contributed by atoms with E-state index in [2.05, 4.69) is 12.3 Å². The molecule has 2 nitrogen and oxygen atoms in total. The van der Waals surface area contributed by atoms with Crippen LogP contribution < -0.4 is 5.73 Å². The first-order valence-electron chi connectivity index (χ1n) is 2.94. The van der Waals surface area contributed by atoms with E-state index in [9.17, 15) is 0 Å². The largest absolute Gasteiger partial charge is 0.503 e. The summed E-state index contributed by atoms with van der Waals surface area (Å²) in [5, 5.41) is 8.91. The highest BCUT2D eigenvalue weighted by molar-refractivity contribution is 4.98. The van der Waals surface area contributed by atoms with E-state index in [0.29, 0.717) is 0 Å². The molecule has 0 amide bonds. The molecule has 0 radical (unpaired) electrons. The van der Waals surface area contributed by atoms with E-state index in [1.807, 2.05) is 13.8 Å². The average Bonchev–Trinajstić information content (AvgIpc) is 1.84. The molecule has 0 aliphatic carbocycles. The summed E-state index contributed by atoms with van der Waals surface area (Å²) in [6.45, 7) is 7.13. The van der Waals surface area contributed by atoms with E-state index in [4.69, 9.17) is 10.8 Å². The molecule has 0 aliphatic rings. The quantitative estimate of drug-likeness (QED) is 0.432. The van der Waals surface area contributed by atoms with Gasteiger partial charge in [0.1, 0.15) is 0 Å². The van der Waals surface area contributed by atoms with Crippen LogP contribution in [0.5, 0.6) is 0 Å². The molecule has 0 aromatic carbocycles. The van der Waals surface area contributed by atoms with E-state index in [0.717, 1.165) is 0 Å². The van der Waals surface area contributed by atoms with Gasteiger partial charge in [-0.1, -0.05) is 26.2 Å². The molecule has 0 rings (SSSR count). The van der Waals surface area contributed by atoms with Crippen molar-refractivity contribution in [3.05, 3.63) is 18.1 Å². The van der Waals surface area contributed by atoms with Gasteiger partial charge in [0.2, 0.25) is 0 Å². The fourth-order valence-electron chi connectivity index (χ4n) is 0.434. The molecule has 0 fully saturated rings. The summed E-state index contributed by atoms with van der Waals surface area (Å²) < 4.78 is 0. The third-order valence-corrected chi connectivity index (χ3v) is 1.22. The van der Waals surface area contributed by atoms with Crippen LogP contribution in [-0.4, -0.2) is 11.1 Å². The Bertz CT molecular complexity index is 134. The van der Waals surface area contributed by atoms with Gasteiger partial charge in [0, 0.05) is 0 Å². The van der Waals surface area contributed by atoms with Crippen molar-refractivity contribution in [1.82, 2.24) is 0 Å². The summed E-state index contributed by atoms with van der Waals surface area (Å²) in [4.78, 5) is 0. The van der Waals surface area contributed by atoms with Gasteiger partial charge in [0.15, 0.2) is 5.76 Å². The second-order valence-electron chi connectivity index (χ2n) is 2.33. The van der Waals surface area contributed by atoms with Crippen molar-refractivity contribution in [2.45, 2.75) is 19.9 Å². The van der Waals surface area contributed by atoms with Crippen molar-refractivity contribution in [3.63, 3.8) is 0 Å². The highest BCUT2D eigenvalue weighted by atomic mass is 16.3. The van der Waals surface area contributed by atoms with Gasteiger partial charge in [0.25, 0.3) is 0 Å². The Morgan fingerprint density at radius 2 is 2.11 bits per heavy atom. The Balaban J connectivity index is 4.04. The first-order valence-corrected chi connectivity index (χ1v) is 2.94. The summed E-state index contributed by atoms with van der Waals surface area (Å²) in [7, 11) is 0. The minimum atomic E-state index is -0.317. The number of hydrogen-bond donors (Lipinski definition) is 2. The summed E-state index contributed by atoms with van der Waals surface area (Å²) >= 11 is 0. The topological polar surface area (TPSA) is 46.2 Å². The first kappa shape index (κ1) is 8.28. The molecular formula is C7H13NO. The lowest BCUT2D eigenvalue weighted by molar-refractivity contribution is 0.335. The van der Waals surface area contributed by atoms with Gasteiger partial charge in [0.05, 0.1) is 6.04 Å². The van der Waals surface area contributed by atoms with Gasteiger partial charge in [-0.05, 0) is 5.92 Å². The predicted octanol–water partition coefficient (Wildman–Crippen LogP) is 1.20. The zero-order valence-electron chi connectivity index (χ0n) is 5.89. The summed E-state index contributed by atoms with van der Waals surface area (Å²) in [6, 6.07) is -0.317. The molecule has 0 saturated heterocycles. The Morgan fingerprint density at radius 1 is 1.67 bits per heavy atom. The minimum Gasteiger partial charge on any atom is -0.503 e. The van der Waals surface area contributed by atoms with E-state index in [1.54, 1.807) is 0 Å². The molecule has 52 valence electrons. The molecule has 0 saturated carbocycles. The van der Waals surface area contributed by atoms with Crippen molar-refractivity contribution in [2.75, 3.05) is 0 Å². The second-order valence-corrected chi connectivity index (χ2v) is 2.33. The number of aliphatic hydroxyl groups excluding tert-OH is 1. The van der Waals surface area contributed by atoms with Crippen molar-refractivity contribution < 1.29 is 5.11 Å². The maximum atomic E-state index is 8.91. The first-order chi connectivity index (χ1) is 4.09. The number of hydrogen-bond acceptors (Lipinski definition) is 2. The van der Waals surface area contributed by atoms with Gasteiger partial charge in [-0.25, -0.2) is 0 Å². The lowest BCUT2D eigenvalue weighted by Gasteiger charge is -2.11. The fourth-order valence-corrected chi connectivity index (χ4v) is 0.434.